The third kappa shape index (κ3) is 0.948. The van der Waals surface area contributed by atoms with Crippen molar-refractivity contribution >= 4 is 0 Å². The third-order valence-corrected chi connectivity index (χ3v) is 1.86. The Hall–Kier alpha value is -0.760. The summed E-state index contributed by atoms with van der Waals surface area (Å²) >= 11 is 0. The van der Waals surface area contributed by atoms with Gasteiger partial charge in [0.2, 0.25) is 0 Å². The van der Waals surface area contributed by atoms with Gasteiger partial charge in [-0.15, -0.1) is 0 Å². The Labute approximate surface area is 60.6 Å². The normalized spacial score (nSPS) is 24.0. The summed E-state index contributed by atoms with van der Waals surface area (Å²) in [4.78, 5) is 0. The minimum absolute atomic E-state index is 0.562. The molecule has 1 heterocycles. The second-order valence-corrected chi connectivity index (χ2v) is 2.56. The van der Waals surface area contributed by atoms with Crippen molar-refractivity contribution in [1.29, 1.82) is 0 Å². The van der Waals surface area contributed by atoms with Crippen molar-refractivity contribution in [3.63, 3.8) is 0 Å². The molecular weight excluding hydrogens is 126 g/mol. The van der Waals surface area contributed by atoms with Crippen molar-refractivity contribution in [2.75, 3.05) is 13.3 Å². The zero-order valence-electron chi connectivity index (χ0n) is 5.84. The summed E-state index contributed by atoms with van der Waals surface area (Å²) in [6.07, 6.45) is 6.36. The van der Waals surface area contributed by atoms with Crippen LogP contribution in [0.1, 0.15) is 12.8 Å². The fourth-order valence-electron chi connectivity index (χ4n) is 1.29. The van der Waals surface area contributed by atoms with Crippen molar-refractivity contribution < 1.29 is 4.74 Å². The summed E-state index contributed by atoms with van der Waals surface area (Å²) in [7, 11) is 0. The summed E-state index contributed by atoms with van der Waals surface area (Å²) in [5, 5.41) is 4.15. The lowest BCUT2D eigenvalue weighted by Crippen LogP contribution is -2.21. The van der Waals surface area contributed by atoms with Crippen molar-refractivity contribution in [1.82, 2.24) is 5.32 Å². The van der Waals surface area contributed by atoms with Crippen LogP contribution in [0.3, 0.4) is 0 Å². The molecule has 0 atom stereocenters. The van der Waals surface area contributed by atoms with E-state index in [2.05, 4.69) is 17.5 Å². The predicted molar refractivity (Wildman–Crippen MR) is 38.4 cm³/mol. The molecule has 2 rings (SSSR count). The number of hydrogen-bond donors (Lipinski definition) is 0. The minimum atomic E-state index is 0.562. The maximum atomic E-state index is 5.34. The topological polar surface area (TPSA) is 23.3 Å². The van der Waals surface area contributed by atoms with Crippen LogP contribution in [0.4, 0.5) is 0 Å². The molecule has 2 nitrogen and oxygen atoms in total. The van der Waals surface area contributed by atoms with E-state index < -0.39 is 0 Å². The molecule has 0 aromatic heterocycles. The molecule has 0 saturated heterocycles. The molecule has 1 aliphatic heterocycles. The predicted octanol–water partition coefficient (Wildman–Crippen LogP) is 1.18. The Morgan fingerprint density at radius 1 is 1.30 bits per heavy atom. The Morgan fingerprint density at radius 2 is 2.20 bits per heavy atom. The maximum Gasteiger partial charge on any atom is 0.154 e. The molecule has 2 heteroatoms. The molecule has 53 valence electrons. The molecule has 0 spiro atoms. The highest BCUT2D eigenvalue weighted by molar-refractivity contribution is 5.22. The van der Waals surface area contributed by atoms with Crippen molar-refractivity contribution in [3.8, 4) is 0 Å². The van der Waals surface area contributed by atoms with Crippen molar-refractivity contribution in [2.45, 2.75) is 12.8 Å². The molecule has 0 saturated carbocycles. The van der Waals surface area contributed by atoms with Gasteiger partial charge in [0.05, 0.1) is 0 Å². The van der Waals surface area contributed by atoms with Crippen LogP contribution in [0.5, 0.6) is 0 Å². The number of nitrogens with zero attached hydrogens (tertiary/aromatic N) is 1. The molecule has 0 fully saturated rings. The Bertz CT molecular complexity index is 173. The van der Waals surface area contributed by atoms with E-state index in [4.69, 9.17) is 4.74 Å². The largest absolute Gasteiger partial charge is 0.481 e. The fourth-order valence-corrected chi connectivity index (χ4v) is 1.29. The lowest BCUT2D eigenvalue weighted by atomic mass is 10.0. The summed E-state index contributed by atoms with van der Waals surface area (Å²) in [6.45, 7) is 1.45. The van der Waals surface area contributed by atoms with Crippen molar-refractivity contribution in [2.24, 2.45) is 0 Å². The van der Waals surface area contributed by atoms with E-state index in [9.17, 15) is 0 Å². The monoisotopic (exact) mass is 136 g/mol. The number of ether oxygens (including phenoxy) is 1. The average Bonchev–Trinajstić information content (AvgIpc) is 2.05. The molecule has 0 aromatic carbocycles. The molecule has 0 unspecified atom stereocenters. The van der Waals surface area contributed by atoms with E-state index in [-0.39, 0.29) is 0 Å². The molecule has 0 bridgehead atoms. The van der Waals surface area contributed by atoms with Crippen LogP contribution in [0.25, 0.3) is 0 Å². The molecular formula is C8H10NO. The minimum Gasteiger partial charge on any atom is -0.481 e. The molecule has 1 aliphatic carbocycles. The van der Waals surface area contributed by atoms with Crippen LogP contribution in [0.15, 0.2) is 23.5 Å². The summed E-state index contributed by atoms with van der Waals surface area (Å²) in [5.41, 5.74) is 1.37. The van der Waals surface area contributed by atoms with E-state index in [1.165, 1.54) is 5.57 Å². The molecule has 0 amide bonds. The second kappa shape index (κ2) is 2.46. The molecule has 0 aromatic rings. The lowest BCUT2D eigenvalue weighted by Gasteiger charge is -2.21. The van der Waals surface area contributed by atoms with E-state index in [1.54, 1.807) is 0 Å². The number of rotatable bonds is 0. The van der Waals surface area contributed by atoms with Gasteiger partial charge in [0.1, 0.15) is 5.76 Å². The van der Waals surface area contributed by atoms with Crippen LogP contribution in [0, 0.1) is 0 Å². The first-order valence-electron chi connectivity index (χ1n) is 3.59. The Balaban J connectivity index is 2.17. The summed E-state index contributed by atoms with van der Waals surface area (Å²) < 4.78 is 5.34. The van der Waals surface area contributed by atoms with Gasteiger partial charge in [-0.2, -0.15) is 5.32 Å². The van der Waals surface area contributed by atoms with Crippen LogP contribution < -0.4 is 5.32 Å². The van der Waals surface area contributed by atoms with Gasteiger partial charge >= 0.3 is 0 Å². The van der Waals surface area contributed by atoms with Crippen LogP contribution in [0.2, 0.25) is 0 Å². The van der Waals surface area contributed by atoms with Gasteiger partial charge in [-0.1, -0.05) is 12.2 Å². The Kier molecular flexibility index (Phi) is 1.47. The quantitative estimate of drug-likeness (QED) is 0.459. The number of allylic oxidation sites excluding steroid dienone is 2. The van der Waals surface area contributed by atoms with Gasteiger partial charge in [0.25, 0.3) is 0 Å². The first-order chi connectivity index (χ1) is 4.97. The van der Waals surface area contributed by atoms with Crippen molar-refractivity contribution in [3.05, 3.63) is 23.5 Å². The van der Waals surface area contributed by atoms with Crippen LogP contribution in [-0.4, -0.2) is 13.3 Å². The number of hydrogen-bond acceptors (Lipinski definition) is 1. The van der Waals surface area contributed by atoms with E-state index >= 15 is 0 Å². The SMILES string of the molecule is C1=CCC2=C(C1)C[N]CO2. The van der Waals surface area contributed by atoms with E-state index in [0.717, 1.165) is 25.1 Å². The summed E-state index contributed by atoms with van der Waals surface area (Å²) in [6, 6.07) is 0. The van der Waals surface area contributed by atoms with E-state index in [1.807, 2.05) is 0 Å². The average molecular weight is 136 g/mol. The lowest BCUT2D eigenvalue weighted by molar-refractivity contribution is 0.161. The van der Waals surface area contributed by atoms with Gasteiger partial charge in [0, 0.05) is 13.0 Å². The van der Waals surface area contributed by atoms with Gasteiger partial charge in [-0.3, -0.25) is 0 Å². The highest BCUT2D eigenvalue weighted by atomic mass is 16.5. The Morgan fingerprint density at radius 3 is 3.10 bits per heavy atom. The zero-order chi connectivity index (χ0) is 6.81. The van der Waals surface area contributed by atoms with Gasteiger partial charge in [-0.25, -0.2) is 0 Å². The van der Waals surface area contributed by atoms with Crippen LogP contribution >= 0.6 is 0 Å². The first-order valence-corrected chi connectivity index (χ1v) is 3.59. The maximum absolute atomic E-state index is 5.34. The third-order valence-electron chi connectivity index (χ3n) is 1.86. The highest BCUT2D eigenvalue weighted by Gasteiger charge is 2.13. The van der Waals surface area contributed by atoms with Crippen LogP contribution in [-0.2, 0) is 4.74 Å². The fraction of sp³-hybridized carbons (Fsp3) is 0.500. The first kappa shape index (κ1) is 5.98. The van der Waals surface area contributed by atoms with Gasteiger partial charge in [-0.05, 0) is 12.0 Å². The van der Waals surface area contributed by atoms with Gasteiger partial charge < -0.3 is 4.74 Å². The molecule has 1 radical (unpaired) electrons. The zero-order valence-corrected chi connectivity index (χ0v) is 5.84. The second-order valence-electron chi connectivity index (χ2n) is 2.56. The highest BCUT2D eigenvalue weighted by Crippen LogP contribution is 2.21. The summed E-state index contributed by atoms with van der Waals surface area (Å²) in [5.74, 6) is 1.16. The smallest absolute Gasteiger partial charge is 0.154 e. The molecule has 0 N–H and O–H groups in total. The van der Waals surface area contributed by atoms with Gasteiger partial charge in [0.15, 0.2) is 6.73 Å². The standard InChI is InChI=1S/C8H10NO/c1-2-4-8-7(3-1)5-9-6-10-8/h1-2H,3-6H2. The van der Waals surface area contributed by atoms with E-state index in [0.29, 0.717) is 6.73 Å². The molecule has 2 aliphatic rings. The molecule has 10 heavy (non-hydrogen) atoms.